The van der Waals surface area contributed by atoms with Crippen molar-refractivity contribution < 1.29 is 13.6 Å². The number of H-pyrrole nitrogens is 1. The van der Waals surface area contributed by atoms with Crippen LogP contribution in [0.4, 0.5) is 8.78 Å². The Hall–Kier alpha value is -3.13. The molecule has 1 fully saturated rings. The van der Waals surface area contributed by atoms with Gasteiger partial charge in [-0.05, 0) is 36.8 Å². The number of thiophene rings is 1. The summed E-state index contributed by atoms with van der Waals surface area (Å²) in [6.45, 7) is 2.17. The van der Waals surface area contributed by atoms with Gasteiger partial charge < -0.3 is 4.90 Å². The normalized spacial score (nSPS) is 16.2. The van der Waals surface area contributed by atoms with E-state index in [2.05, 4.69) is 10.2 Å². The highest BCUT2D eigenvalue weighted by atomic mass is 32.1. The summed E-state index contributed by atoms with van der Waals surface area (Å²) in [5, 5.41) is 8.67. The first-order valence-corrected chi connectivity index (χ1v) is 10.8. The molecule has 1 aliphatic rings. The van der Waals surface area contributed by atoms with Gasteiger partial charge in [0.05, 0.1) is 11.6 Å². The van der Waals surface area contributed by atoms with Crippen LogP contribution in [0, 0.1) is 6.92 Å². The summed E-state index contributed by atoms with van der Waals surface area (Å²) in [4.78, 5) is 27.4. The van der Waals surface area contributed by atoms with Gasteiger partial charge in [-0.3, -0.25) is 9.59 Å². The Morgan fingerprint density at radius 1 is 1.13 bits per heavy atom. The summed E-state index contributed by atoms with van der Waals surface area (Å²) < 4.78 is 27.8. The third kappa shape index (κ3) is 3.50. The Labute approximate surface area is 180 Å². The van der Waals surface area contributed by atoms with Crippen molar-refractivity contribution >= 4 is 38.1 Å². The monoisotopic (exact) mass is 439 g/mol. The maximum atomic E-state index is 13.4. The van der Waals surface area contributed by atoms with Crippen molar-refractivity contribution in [2.45, 2.75) is 25.7 Å². The number of rotatable bonds is 2. The molecule has 0 bridgehead atoms. The Morgan fingerprint density at radius 3 is 2.65 bits per heavy atom. The number of nitrogens with zero attached hydrogens (tertiary/aromatic N) is 2. The van der Waals surface area contributed by atoms with Gasteiger partial charge in [-0.1, -0.05) is 12.1 Å². The average Bonchev–Trinajstić information content (AvgIpc) is 3.08. The molecule has 0 aliphatic carbocycles. The van der Waals surface area contributed by atoms with Crippen molar-refractivity contribution in [1.82, 2.24) is 15.1 Å². The molecule has 0 spiro atoms. The van der Waals surface area contributed by atoms with Crippen LogP contribution >= 0.6 is 11.3 Å². The van der Waals surface area contributed by atoms with Gasteiger partial charge in [-0.25, -0.2) is 13.9 Å². The molecule has 0 unspecified atom stereocenters. The maximum Gasteiger partial charge on any atom is 0.272 e. The van der Waals surface area contributed by atoms with Crippen LogP contribution in [0.1, 0.15) is 28.1 Å². The van der Waals surface area contributed by atoms with E-state index in [1.54, 1.807) is 29.7 Å². The lowest BCUT2D eigenvalue weighted by Gasteiger charge is -2.31. The van der Waals surface area contributed by atoms with Crippen LogP contribution < -0.4 is 5.56 Å². The van der Waals surface area contributed by atoms with E-state index in [1.807, 2.05) is 31.2 Å². The van der Waals surface area contributed by atoms with E-state index in [9.17, 15) is 18.4 Å². The number of carbonyl (C=O) groups is 1. The number of hydrogen-bond acceptors (Lipinski definition) is 4. The van der Waals surface area contributed by atoms with Gasteiger partial charge in [-0.15, -0.1) is 11.3 Å². The fraction of sp³-hybridized carbons (Fsp3) is 0.261. The molecular weight excluding hydrogens is 420 g/mol. The van der Waals surface area contributed by atoms with E-state index in [0.29, 0.717) is 10.9 Å². The predicted molar refractivity (Wildman–Crippen MR) is 118 cm³/mol. The summed E-state index contributed by atoms with van der Waals surface area (Å²) >= 11 is 1.59. The van der Waals surface area contributed by atoms with Gasteiger partial charge in [0.1, 0.15) is 0 Å². The molecule has 0 atom stereocenters. The van der Waals surface area contributed by atoms with Crippen molar-refractivity contribution in [3.05, 3.63) is 63.4 Å². The average molecular weight is 439 g/mol. The van der Waals surface area contributed by atoms with Crippen molar-refractivity contribution in [2.24, 2.45) is 0 Å². The van der Waals surface area contributed by atoms with Gasteiger partial charge in [-0.2, -0.15) is 5.10 Å². The van der Waals surface area contributed by atoms with Crippen LogP contribution in [-0.4, -0.2) is 40.0 Å². The van der Waals surface area contributed by atoms with Crippen LogP contribution in [0.15, 0.2) is 47.4 Å². The quantitative estimate of drug-likeness (QED) is 0.479. The molecule has 5 nitrogen and oxygen atoms in total. The number of likely N-dealkylation sites (tertiary alicyclic amines) is 1. The molecule has 0 radical (unpaired) electrons. The van der Waals surface area contributed by atoms with E-state index in [1.165, 1.54) is 4.90 Å². The van der Waals surface area contributed by atoms with Crippen LogP contribution in [0.5, 0.6) is 0 Å². The zero-order valence-corrected chi connectivity index (χ0v) is 17.6. The zero-order chi connectivity index (χ0) is 21.8. The summed E-state index contributed by atoms with van der Waals surface area (Å²) in [5.41, 5.74) is 2.31. The minimum Gasteiger partial charge on any atom is -0.338 e. The van der Waals surface area contributed by atoms with Gasteiger partial charge in [0.25, 0.3) is 17.4 Å². The summed E-state index contributed by atoms with van der Waals surface area (Å²) in [5.74, 6) is -2.89. The predicted octanol–water partition coefficient (Wildman–Crippen LogP) is 4.98. The first-order chi connectivity index (χ1) is 14.8. The topological polar surface area (TPSA) is 66.1 Å². The number of halogens is 2. The van der Waals surface area contributed by atoms with Crippen molar-refractivity contribution in [3.8, 4) is 11.1 Å². The SMILES string of the molecule is Cc1sc2cc(C(=O)N3CCC(F)(F)CC3)ccc2c1-c1ccc2c(=O)[nH]ncc2c1. The Bertz CT molecular complexity index is 1380. The molecule has 0 saturated carbocycles. The number of amides is 1. The summed E-state index contributed by atoms with van der Waals surface area (Å²) in [6.07, 6.45) is 1.05. The first-order valence-electron chi connectivity index (χ1n) is 10.0. The summed E-state index contributed by atoms with van der Waals surface area (Å²) in [6, 6.07) is 11.2. The lowest BCUT2D eigenvalue weighted by Crippen LogP contribution is -2.42. The Balaban J connectivity index is 1.51. The second-order valence-corrected chi connectivity index (χ2v) is 9.15. The number of benzene rings is 2. The highest BCUT2D eigenvalue weighted by molar-refractivity contribution is 7.19. The fourth-order valence-electron chi connectivity index (χ4n) is 4.18. The zero-order valence-electron chi connectivity index (χ0n) is 16.7. The van der Waals surface area contributed by atoms with E-state index in [-0.39, 0.29) is 37.4 Å². The molecule has 158 valence electrons. The largest absolute Gasteiger partial charge is 0.338 e. The molecule has 5 rings (SSSR count). The molecule has 2 aromatic heterocycles. The molecule has 1 saturated heterocycles. The molecule has 1 amide bonds. The number of aromatic amines is 1. The van der Waals surface area contributed by atoms with Gasteiger partial charge >= 0.3 is 0 Å². The second kappa shape index (κ2) is 7.23. The van der Waals surface area contributed by atoms with Gasteiger partial charge in [0.2, 0.25) is 0 Å². The minimum absolute atomic E-state index is 0.0723. The smallest absolute Gasteiger partial charge is 0.272 e. The number of carbonyl (C=O) groups excluding carboxylic acids is 1. The molecule has 8 heteroatoms. The number of aryl methyl sites for hydroxylation is 1. The van der Waals surface area contributed by atoms with E-state index in [4.69, 9.17) is 0 Å². The highest BCUT2D eigenvalue weighted by Crippen LogP contribution is 2.39. The van der Waals surface area contributed by atoms with Crippen LogP contribution in [-0.2, 0) is 0 Å². The first kappa shape index (κ1) is 19.8. The molecule has 2 aromatic carbocycles. The van der Waals surface area contributed by atoms with Crippen LogP contribution in [0.3, 0.4) is 0 Å². The number of aromatic nitrogens is 2. The number of alkyl halides is 2. The summed E-state index contributed by atoms with van der Waals surface area (Å²) in [7, 11) is 0. The lowest BCUT2D eigenvalue weighted by molar-refractivity contribution is -0.0494. The third-order valence-electron chi connectivity index (χ3n) is 5.85. The van der Waals surface area contributed by atoms with E-state index >= 15 is 0 Å². The Kier molecular flexibility index (Phi) is 4.62. The minimum atomic E-state index is -2.68. The highest BCUT2D eigenvalue weighted by Gasteiger charge is 2.35. The number of hydrogen-bond donors (Lipinski definition) is 1. The van der Waals surface area contributed by atoms with Crippen molar-refractivity contribution in [1.29, 1.82) is 0 Å². The van der Waals surface area contributed by atoms with E-state index < -0.39 is 5.92 Å². The molecule has 1 N–H and O–H groups in total. The number of piperidine rings is 1. The molecule has 31 heavy (non-hydrogen) atoms. The number of nitrogens with one attached hydrogen (secondary N) is 1. The van der Waals surface area contributed by atoms with Gasteiger partial charge in [0.15, 0.2) is 0 Å². The molecule has 1 aliphatic heterocycles. The fourth-order valence-corrected chi connectivity index (χ4v) is 5.31. The molecule has 3 heterocycles. The van der Waals surface area contributed by atoms with Crippen molar-refractivity contribution in [3.63, 3.8) is 0 Å². The molecular formula is C23H19F2N3O2S. The van der Waals surface area contributed by atoms with Crippen LogP contribution in [0.25, 0.3) is 32.0 Å². The van der Waals surface area contributed by atoms with E-state index in [0.717, 1.165) is 31.5 Å². The van der Waals surface area contributed by atoms with Gasteiger partial charge in [0, 0.05) is 57.4 Å². The van der Waals surface area contributed by atoms with Crippen molar-refractivity contribution in [2.75, 3.05) is 13.1 Å². The molecule has 4 aromatic rings. The second-order valence-electron chi connectivity index (χ2n) is 7.89. The lowest BCUT2D eigenvalue weighted by atomic mass is 9.99. The maximum absolute atomic E-state index is 13.4. The number of fused-ring (bicyclic) bond motifs is 2. The Morgan fingerprint density at radius 2 is 1.87 bits per heavy atom. The standard InChI is InChI=1S/C23H19F2N3O2S/c1-13-20(14-2-4-17-16(10-14)12-26-27-21(17)29)18-5-3-15(11-19(18)31-13)22(30)28-8-6-23(24,25)7-9-28/h2-5,10-12H,6-9H2,1H3,(H,27,29). The van der Waals surface area contributed by atoms with Crippen LogP contribution in [0.2, 0.25) is 0 Å². The third-order valence-corrected chi connectivity index (χ3v) is 6.92.